The van der Waals surface area contributed by atoms with Crippen molar-refractivity contribution in [3.05, 3.63) is 77.6 Å². The molecule has 1 heterocycles. The van der Waals surface area contributed by atoms with E-state index in [1.807, 2.05) is 6.07 Å². The Bertz CT molecular complexity index is 864. The summed E-state index contributed by atoms with van der Waals surface area (Å²) in [5.41, 5.74) is 1.25. The van der Waals surface area contributed by atoms with Crippen molar-refractivity contribution >= 4 is 11.6 Å². The van der Waals surface area contributed by atoms with E-state index in [0.717, 1.165) is 23.3 Å². The van der Waals surface area contributed by atoms with Crippen LogP contribution in [-0.4, -0.2) is 15.1 Å². The molecule has 128 valence electrons. The van der Waals surface area contributed by atoms with Gasteiger partial charge in [-0.25, -0.2) is 9.97 Å². The number of aromatic hydroxyl groups is 1. The molecular formula is C18H14F3N3O. The molecule has 0 radical (unpaired) electrons. The fraction of sp³-hybridized carbons (Fsp3) is 0.111. The first-order valence-electron chi connectivity index (χ1n) is 7.43. The summed E-state index contributed by atoms with van der Waals surface area (Å²) >= 11 is 0. The van der Waals surface area contributed by atoms with Crippen LogP contribution < -0.4 is 5.32 Å². The molecule has 2 N–H and O–H groups in total. The van der Waals surface area contributed by atoms with Crippen LogP contribution in [0.15, 0.2) is 60.9 Å². The van der Waals surface area contributed by atoms with Crippen molar-refractivity contribution in [2.24, 2.45) is 0 Å². The smallest absolute Gasteiger partial charge is 0.416 e. The summed E-state index contributed by atoms with van der Waals surface area (Å²) in [6, 6.07) is 11.7. The third-order valence-electron chi connectivity index (χ3n) is 3.47. The van der Waals surface area contributed by atoms with Crippen molar-refractivity contribution in [3.8, 4) is 5.75 Å². The predicted octanol–water partition coefficient (Wildman–Crippen LogP) is 4.54. The highest BCUT2D eigenvalue weighted by molar-refractivity contribution is 5.54. The van der Waals surface area contributed by atoms with Crippen LogP contribution in [0.2, 0.25) is 0 Å². The van der Waals surface area contributed by atoms with Gasteiger partial charge in [0, 0.05) is 24.5 Å². The van der Waals surface area contributed by atoms with Crippen molar-refractivity contribution in [1.29, 1.82) is 0 Å². The number of nitrogens with one attached hydrogen (secondary N) is 1. The maximum Gasteiger partial charge on any atom is 0.416 e. The first-order chi connectivity index (χ1) is 11.9. The van der Waals surface area contributed by atoms with Gasteiger partial charge in [0.05, 0.1) is 5.56 Å². The van der Waals surface area contributed by atoms with Crippen LogP contribution in [-0.2, 0) is 12.6 Å². The van der Waals surface area contributed by atoms with Gasteiger partial charge in [-0.3, -0.25) is 0 Å². The Labute approximate surface area is 142 Å². The normalized spacial score (nSPS) is 11.3. The fourth-order valence-corrected chi connectivity index (χ4v) is 2.32. The molecular weight excluding hydrogens is 331 g/mol. The molecule has 0 amide bonds. The second kappa shape index (κ2) is 6.80. The highest BCUT2D eigenvalue weighted by Gasteiger charge is 2.30. The van der Waals surface area contributed by atoms with E-state index in [-0.39, 0.29) is 17.4 Å². The number of rotatable bonds is 4. The van der Waals surface area contributed by atoms with E-state index >= 15 is 0 Å². The number of hydrogen-bond acceptors (Lipinski definition) is 4. The largest absolute Gasteiger partial charge is 0.508 e. The molecule has 0 saturated heterocycles. The summed E-state index contributed by atoms with van der Waals surface area (Å²) in [5.74, 6) is 0.389. The van der Waals surface area contributed by atoms with E-state index in [0.29, 0.717) is 6.42 Å². The number of nitrogens with zero attached hydrogens (tertiary/aromatic N) is 2. The first-order valence-corrected chi connectivity index (χ1v) is 7.43. The number of anilines is 2. The molecule has 0 aliphatic carbocycles. The molecule has 7 heteroatoms. The number of halogens is 3. The Balaban J connectivity index is 1.71. The molecule has 4 nitrogen and oxygen atoms in total. The summed E-state index contributed by atoms with van der Waals surface area (Å²) in [6.45, 7) is 0. The number of phenols is 1. The third-order valence-corrected chi connectivity index (χ3v) is 3.47. The topological polar surface area (TPSA) is 58.0 Å². The monoisotopic (exact) mass is 345 g/mol. The van der Waals surface area contributed by atoms with Crippen molar-refractivity contribution in [2.75, 3.05) is 5.32 Å². The van der Waals surface area contributed by atoms with Gasteiger partial charge < -0.3 is 10.4 Å². The van der Waals surface area contributed by atoms with Gasteiger partial charge in [0.2, 0.25) is 5.95 Å². The Morgan fingerprint density at radius 3 is 2.32 bits per heavy atom. The van der Waals surface area contributed by atoms with Crippen molar-refractivity contribution < 1.29 is 18.3 Å². The average molecular weight is 345 g/mol. The second-order valence-corrected chi connectivity index (χ2v) is 5.47. The number of alkyl halides is 3. The number of hydrogen-bond donors (Lipinski definition) is 2. The molecule has 0 atom stereocenters. The molecule has 0 bridgehead atoms. The van der Waals surface area contributed by atoms with Crippen molar-refractivity contribution in [3.63, 3.8) is 0 Å². The van der Waals surface area contributed by atoms with E-state index in [9.17, 15) is 18.3 Å². The van der Waals surface area contributed by atoms with Gasteiger partial charge in [0.1, 0.15) is 5.75 Å². The van der Waals surface area contributed by atoms with E-state index in [2.05, 4.69) is 15.3 Å². The van der Waals surface area contributed by atoms with Crippen LogP contribution in [0.1, 0.15) is 16.7 Å². The van der Waals surface area contributed by atoms with E-state index in [4.69, 9.17) is 0 Å². The lowest BCUT2D eigenvalue weighted by Gasteiger charge is -2.10. The van der Waals surface area contributed by atoms with Gasteiger partial charge in [-0.1, -0.05) is 18.2 Å². The Morgan fingerprint density at radius 2 is 1.64 bits per heavy atom. The van der Waals surface area contributed by atoms with Gasteiger partial charge >= 0.3 is 6.18 Å². The number of benzene rings is 2. The summed E-state index contributed by atoms with van der Waals surface area (Å²) in [6.07, 6.45) is -0.679. The Kier molecular flexibility index (Phi) is 4.56. The minimum Gasteiger partial charge on any atom is -0.508 e. The highest BCUT2D eigenvalue weighted by Crippen LogP contribution is 2.31. The van der Waals surface area contributed by atoms with Crippen molar-refractivity contribution in [2.45, 2.75) is 12.6 Å². The second-order valence-electron chi connectivity index (χ2n) is 5.47. The lowest BCUT2D eigenvalue weighted by atomic mass is 10.1. The van der Waals surface area contributed by atoms with Gasteiger partial charge in [-0.05, 0) is 41.5 Å². The van der Waals surface area contributed by atoms with Crippen LogP contribution in [0.3, 0.4) is 0 Å². The van der Waals surface area contributed by atoms with Crippen LogP contribution in [0.4, 0.5) is 24.8 Å². The van der Waals surface area contributed by atoms with Gasteiger partial charge in [0.15, 0.2) is 0 Å². The molecule has 2 aromatic carbocycles. The molecule has 0 spiro atoms. The minimum absolute atomic E-state index is 0.182. The van der Waals surface area contributed by atoms with Crippen LogP contribution in [0.5, 0.6) is 5.75 Å². The van der Waals surface area contributed by atoms with Gasteiger partial charge in [-0.15, -0.1) is 0 Å². The maximum atomic E-state index is 12.7. The highest BCUT2D eigenvalue weighted by atomic mass is 19.4. The van der Waals surface area contributed by atoms with Gasteiger partial charge in [-0.2, -0.15) is 13.2 Å². The summed E-state index contributed by atoms with van der Waals surface area (Å²) in [5, 5.41) is 12.2. The van der Waals surface area contributed by atoms with Crippen LogP contribution in [0, 0.1) is 0 Å². The molecule has 0 aliphatic rings. The Morgan fingerprint density at radius 1 is 0.920 bits per heavy atom. The number of aromatic nitrogens is 2. The standard InChI is InChI=1S/C18H14F3N3O/c19-18(20,21)14-4-2-5-15(9-14)24-17-22-10-13(11-23-17)7-12-3-1-6-16(25)8-12/h1-6,8-11,25H,7H2,(H,22,23,24). The SMILES string of the molecule is Oc1cccc(Cc2cnc(Nc3cccc(C(F)(F)F)c3)nc2)c1. The zero-order valence-electron chi connectivity index (χ0n) is 13.0. The molecule has 0 unspecified atom stereocenters. The van der Waals surface area contributed by atoms with Crippen LogP contribution in [0.25, 0.3) is 0 Å². The molecule has 3 rings (SSSR count). The summed E-state index contributed by atoms with van der Waals surface area (Å²) < 4.78 is 38.2. The fourth-order valence-electron chi connectivity index (χ4n) is 2.32. The lowest BCUT2D eigenvalue weighted by Crippen LogP contribution is -2.05. The molecule has 1 aromatic heterocycles. The van der Waals surface area contributed by atoms with E-state index in [1.54, 1.807) is 30.6 Å². The molecule has 3 aromatic rings. The zero-order valence-corrected chi connectivity index (χ0v) is 13.0. The Hall–Kier alpha value is -3.09. The minimum atomic E-state index is -4.40. The molecule has 0 saturated carbocycles. The molecule has 0 fully saturated rings. The summed E-state index contributed by atoms with van der Waals surface area (Å²) in [7, 11) is 0. The average Bonchev–Trinajstić information content (AvgIpc) is 2.56. The quantitative estimate of drug-likeness (QED) is 0.729. The third kappa shape index (κ3) is 4.47. The lowest BCUT2D eigenvalue weighted by molar-refractivity contribution is -0.137. The van der Waals surface area contributed by atoms with Crippen molar-refractivity contribution in [1.82, 2.24) is 9.97 Å². The van der Waals surface area contributed by atoms with E-state index in [1.165, 1.54) is 12.1 Å². The summed E-state index contributed by atoms with van der Waals surface area (Å²) in [4.78, 5) is 8.24. The molecule has 0 aliphatic heterocycles. The maximum absolute atomic E-state index is 12.7. The molecule has 25 heavy (non-hydrogen) atoms. The van der Waals surface area contributed by atoms with E-state index < -0.39 is 11.7 Å². The zero-order chi connectivity index (χ0) is 17.9. The van der Waals surface area contributed by atoms with Crippen LogP contribution >= 0.6 is 0 Å². The predicted molar refractivity (Wildman–Crippen MR) is 87.7 cm³/mol. The number of phenolic OH excluding ortho intramolecular Hbond substituents is 1. The first kappa shape index (κ1) is 16.8. The van der Waals surface area contributed by atoms with Gasteiger partial charge in [0.25, 0.3) is 0 Å².